The molecule has 4 heteroatoms. The zero-order valence-corrected chi connectivity index (χ0v) is 11.3. The van der Waals surface area contributed by atoms with Gasteiger partial charge in [0.2, 0.25) is 5.88 Å². The van der Waals surface area contributed by atoms with Gasteiger partial charge in [0.15, 0.2) is 0 Å². The first-order valence-corrected chi connectivity index (χ1v) is 6.53. The smallest absolute Gasteiger partial charge is 0.225 e. The maximum Gasteiger partial charge on any atom is 0.225 e. The van der Waals surface area contributed by atoms with Gasteiger partial charge in [-0.05, 0) is 43.7 Å². The molecule has 1 aliphatic rings. The molecule has 1 unspecified atom stereocenters. The normalized spacial score (nSPS) is 15.6. The van der Waals surface area contributed by atoms with E-state index >= 15 is 0 Å². The summed E-state index contributed by atoms with van der Waals surface area (Å²) in [4.78, 5) is 4.55. The van der Waals surface area contributed by atoms with E-state index in [0.717, 1.165) is 25.0 Å². The zero-order valence-electron chi connectivity index (χ0n) is 11.3. The number of aromatic nitrogens is 1. The number of amidine groups is 1. The van der Waals surface area contributed by atoms with Gasteiger partial charge in [-0.1, -0.05) is 13.8 Å². The van der Waals surface area contributed by atoms with E-state index in [2.05, 4.69) is 18.8 Å². The third-order valence-corrected chi connectivity index (χ3v) is 3.54. The van der Waals surface area contributed by atoms with E-state index < -0.39 is 0 Å². The van der Waals surface area contributed by atoms with E-state index in [4.69, 9.17) is 15.9 Å². The fourth-order valence-corrected chi connectivity index (χ4v) is 2.05. The number of pyridine rings is 1. The quantitative estimate of drug-likeness (QED) is 0.633. The van der Waals surface area contributed by atoms with Gasteiger partial charge in [0.1, 0.15) is 5.84 Å². The number of nitrogens with one attached hydrogen (secondary N) is 1. The number of nitrogens with zero attached hydrogens (tertiary/aromatic N) is 1. The average molecular weight is 247 g/mol. The molecule has 0 fully saturated rings. The molecule has 1 aromatic heterocycles. The minimum Gasteiger partial charge on any atom is -0.474 e. The molecule has 0 bridgehead atoms. The summed E-state index contributed by atoms with van der Waals surface area (Å²) < 4.78 is 5.86. The van der Waals surface area contributed by atoms with Crippen molar-refractivity contribution in [3.8, 4) is 5.88 Å². The number of nitrogen functional groups attached to an aromatic ring is 1. The third-order valence-electron chi connectivity index (χ3n) is 3.54. The molecule has 0 saturated heterocycles. The summed E-state index contributed by atoms with van der Waals surface area (Å²) in [5.41, 5.74) is 8.57. The molecule has 18 heavy (non-hydrogen) atoms. The molecule has 3 N–H and O–H groups in total. The van der Waals surface area contributed by atoms with Crippen LogP contribution in [0.5, 0.6) is 5.88 Å². The second kappa shape index (κ2) is 4.96. The van der Waals surface area contributed by atoms with Crippen molar-refractivity contribution in [2.75, 3.05) is 0 Å². The molecule has 98 valence electrons. The highest BCUT2D eigenvalue weighted by atomic mass is 16.5. The average Bonchev–Trinajstić information content (AvgIpc) is 2.74. The topological polar surface area (TPSA) is 72.0 Å². The molecule has 4 nitrogen and oxygen atoms in total. The van der Waals surface area contributed by atoms with Crippen LogP contribution in [0.4, 0.5) is 0 Å². The Kier molecular flexibility index (Phi) is 3.55. The number of fused-ring (bicyclic) bond motifs is 1. The molecule has 0 amide bonds. The van der Waals surface area contributed by atoms with Crippen molar-refractivity contribution < 1.29 is 4.74 Å². The molecule has 0 radical (unpaired) electrons. The fraction of sp³-hybridized carbons (Fsp3) is 0.571. The first kappa shape index (κ1) is 12.9. The molecule has 1 aromatic rings. The number of rotatable bonds is 4. The minimum absolute atomic E-state index is 0.0307. The lowest BCUT2D eigenvalue weighted by molar-refractivity contribution is 0.162. The van der Waals surface area contributed by atoms with Gasteiger partial charge in [-0.2, -0.15) is 0 Å². The molecule has 1 heterocycles. The summed E-state index contributed by atoms with van der Waals surface area (Å²) in [5, 5.41) is 7.65. The van der Waals surface area contributed by atoms with Gasteiger partial charge < -0.3 is 10.5 Å². The van der Waals surface area contributed by atoms with Crippen molar-refractivity contribution in [3.05, 3.63) is 22.9 Å². The number of aryl methyl sites for hydroxylation is 2. The molecule has 1 atom stereocenters. The summed E-state index contributed by atoms with van der Waals surface area (Å²) in [7, 11) is 0. The molecular formula is C14H21N3O. The van der Waals surface area contributed by atoms with Gasteiger partial charge >= 0.3 is 0 Å². The highest BCUT2D eigenvalue weighted by molar-refractivity contribution is 5.97. The van der Waals surface area contributed by atoms with Crippen LogP contribution in [0.15, 0.2) is 6.07 Å². The Bertz CT molecular complexity index is 468. The zero-order chi connectivity index (χ0) is 13.3. The number of hydrogen-bond donors (Lipinski definition) is 2. The first-order valence-electron chi connectivity index (χ1n) is 6.53. The van der Waals surface area contributed by atoms with Crippen LogP contribution in [0.25, 0.3) is 0 Å². The predicted molar refractivity (Wildman–Crippen MR) is 72.2 cm³/mol. The maximum absolute atomic E-state index is 7.65. The van der Waals surface area contributed by atoms with Crippen LogP contribution in [0, 0.1) is 11.3 Å². The lowest BCUT2D eigenvalue weighted by Crippen LogP contribution is -2.23. The van der Waals surface area contributed by atoms with Crippen molar-refractivity contribution in [2.24, 2.45) is 11.7 Å². The lowest BCUT2D eigenvalue weighted by atomic mass is 10.1. The highest BCUT2D eigenvalue weighted by Gasteiger charge is 2.20. The Labute approximate surface area is 108 Å². The third kappa shape index (κ3) is 2.47. The summed E-state index contributed by atoms with van der Waals surface area (Å²) in [6.45, 7) is 6.22. The molecule has 0 aromatic carbocycles. The maximum atomic E-state index is 7.65. The Morgan fingerprint density at radius 2 is 2.11 bits per heavy atom. The Hall–Kier alpha value is -1.58. The fourth-order valence-electron chi connectivity index (χ4n) is 2.05. The predicted octanol–water partition coefficient (Wildman–Crippen LogP) is 2.28. The highest BCUT2D eigenvalue weighted by Crippen LogP contribution is 2.27. The first-order chi connectivity index (χ1) is 8.49. The van der Waals surface area contributed by atoms with Crippen LogP contribution in [0.3, 0.4) is 0 Å². The summed E-state index contributed by atoms with van der Waals surface area (Å²) >= 11 is 0. The van der Waals surface area contributed by atoms with Gasteiger partial charge in [0.25, 0.3) is 0 Å². The van der Waals surface area contributed by atoms with Crippen molar-refractivity contribution >= 4 is 5.84 Å². The van der Waals surface area contributed by atoms with E-state index in [1.165, 1.54) is 5.56 Å². The second-order valence-electron chi connectivity index (χ2n) is 5.28. The Balaban J connectivity index is 2.35. The molecule has 0 aliphatic heterocycles. The van der Waals surface area contributed by atoms with E-state index in [1.54, 1.807) is 0 Å². The van der Waals surface area contributed by atoms with Gasteiger partial charge in [-0.3, -0.25) is 5.41 Å². The van der Waals surface area contributed by atoms with Gasteiger partial charge in [0.05, 0.1) is 11.7 Å². The van der Waals surface area contributed by atoms with E-state index in [-0.39, 0.29) is 11.9 Å². The van der Waals surface area contributed by atoms with Crippen LogP contribution in [-0.2, 0) is 12.8 Å². The van der Waals surface area contributed by atoms with E-state index in [9.17, 15) is 0 Å². The van der Waals surface area contributed by atoms with E-state index in [1.807, 2.05) is 13.0 Å². The number of hydrogen-bond acceptors (Lipinski definition) is 3. The summed E-state index contributed by atoms with van der Waals surface area (Å²) in [6.07, 6.45) is 3.22. The van der Waals surface area contributed by atoms with Gasteiger partial charge in [-0.25, -0.2) is 4.98 Å². The molecule has 0 saturated carbocycles. The number of nitrogens with two attached hydrogens (primary N) is 1. The van der Waals surface area contributed by atoms with Crippen LogP contribution < -0.4 is 10.5 Å². The van der Waals surface area contributed by atoms with Gasteiger partial charge in [0, 0.05) is 5.69 Å². The standard InChI is InChI=1S/C14H21N3O/c1-8(2)9(3)18-14-11(13(15)16)7-10-5-4-6-12(10)17-14/h7-9H,4-6H2,1-3H3,(H3,15,16). The van der Waals surface area contributed by atoms with Gasteiger partial charge in [-0.15, -0.1) is 0 Å². The van der Waals surface area contributed by atoms with Crippen LogP contribution >= 0.6 is 0 Å². The summed E-state index contributed by atoms with van der Waals surface area (Å²) in [5.74, 6) is 0.951. The van der Waals surface area contributed by atoms with Crippen molar-refractivity contribution in [1.82, 2.24) is 4.98 Å². The van der Waals surface area contributed by atoms with Crippen LogP contribution in [0.1, 0.15) is 44.0 Å². The van der Waals surface area contributed by atoms with Crippen molar-refractivity contribution in [3.63, 3.8) is 0 Å². The van der Waals surface area contributed by atoms with Crippen LogP contribution in [-0.4, -0.2) is 16.9 Å². The lowest BCUT2D eigenvalue weighted by Gasteiger charge is -2.19. The minimum atomic E-state index is 0.0307. The molecule has 1 aliphatic carbocycles. The number of ether oxygens (including phenoxy) is 1. The summed E-state index contributed by atoms with van der Waals surface area (Å²) in [6, 6.07) is 1.97. The molecule has 2 rings (SSSR count). The molecule has 0 spiro atoms. The van der Waals surface area contributed by atoms with Crippen molar-refractivity contribution in [1.29, 1.82) is 5.41 Å². The Morgan fingerprint density at radius 1 is 1.39 bits per heavy atom. The monoisotopic (exact) mass is 247 g/mol. The largest absolute Gasteiger partial charge is 0.474 e. The van der Waals surface area contributed by atoms with E-state index in [0.29, 0.717) is 17.4 Å². The molecular weight excluding hydrogens is 226 g/mol. The second-order valence-corrected chi connectivity index (χ2v) is 5.28. The SMILES string of the molecule is CC(C)C(C)Oc1nc2c(cc1C(=N)N)CCC2. The van der Waals surface area contributed by atoms with Crippen molar-refractivity contribution in [2.45, 2.75) is 46.1 Å². The Morgan fingerprint density at radius 3 is 2.72 bits per heavy atom. The van der Waals surface area contributed by atoms with Crippen LogP contribution in [0.2, 0.25) is 0 Å².